The maximum atomic E-state index is 12.9. The van der Waals surface area contributed by atoms with Crippen molar-refractivity contribution in [3.8, 4) is 0 Å². The summed E-state index contributed by atoms with van der Waals surface area (Å²) in [5.74, 6) is -1.21. The van der Waals surface area contributed by atoms with E-state index in [0.29, 0.717) is 0 Å². The van der Waals surface area contributed by atoms with E-state index in [1.165, 1.54) is 12.3 Å². The van der Waals surface area contributed by atoms with Crippen molar-refractivity contribution in [1.82, 2.24) is 4.98 Å². The van der Waals surface area contributed by atoms with Gasteiger partial charge in [-0.25, -0.2) is 17.8 Å². The zero-order chi connectivity index (χ0) is 9.90. The van der Waals surface area contributed by atoms with Gasteiger partial charge in [-0.15, -0.1) is 11.6 Å². The fraction of sp³-hybridized carbons (Fsp3) is 0.286. The average Bonchev–Trinajstić information content (AvgIpc) is 2.04. The molecule has 1 heterocycles. The highest BCUT2D eigenvalue weighted by molar-refractivity contribution is 7.91. The molecule has 0 spiro atoms. The van der Waals surface area contributed by atoms with E-state index < -0.39 is 20.7 Å². The van der Waals surface area contributed by atoms with Gasteiger partial charge >= 0.3 is 0 Å². The standard InChI is InChI=1S/C7H7ClFNO2S/c8-3-5-13(11,12)7-6(9)2-1-4-10-7/h1-2,4H,3,5H2. The van der Waals surface area contributed by atoms with Gasteiger partial charge in [-0.1, -0.05) is 0 Å². The number of sulfone groups is 1. The highest BCUT2D eigenvalue weighted by Gasteiger charge is 2.19. The van der Waals surface area contributed by atoms with Crippen molar-refractivity contribution in [2.45, 2.75) is 5.03 Å². The number of halogens is 2. The lowest BCUT2D eigenvalue weighted by Gasteiger charge is -2.00. The lowest BCUT2D eigenvalue weighted by atomic mass is 10.5. The van der Waals surface area contributed by atoms with Crippen LogP contribution < -0.4 is 0 Å². The van der Waals surface area contributed by atoms with Gasteiger partial charge in [-0.05, 0) is 12.1 Å². The Hall–Kier alpha value is -0.680. The summed E-state index contributed by atoms with van der Waals surface area (Å²) in [4.78, 5) is 3.45. The highest BCUT2D eigenvalue weighted by Crippen LogP contribution is 2.11. The Morgan fingerprint density at radius 2 is 2.23 bits per heavy atom. The molecule has 0 aliphatic carbocycles. The molecule has 6 heteroatoms. The van der Waals surface area contributed by atoms with E-state index >= 15 is 0 Å². The molecule has 1 aromatic heterocycles. The van der Waals surface area contributed by atoms with E-state index in [0.717, 1.165) is 6.07 Å². The topological polar surface area (TPSA) is 47.0 Å². The number of aromatic nitrogens is 1. The van der Waals surface area contributed by atoms with Crippen LogP contribution in [0.25, 0.3) is 0 Å². The zero-order valence-corrected chi connectivity index (χ0v) is 8.15. The van der Waals surface area contributed by atoms with Gasteiger partial charge in [0.1, 0.15) is 0 Å². The predicted molar refractivity (Wildman–Crippen MR) is 47.0 cm³/mol. The van der Waals surface area contributed by atoms with Crippen LogP contribution in [0.4, 0.5) is 4.39 Å². The van der Waals surface area contributed by atoms with E-state index in [4.69, 9.17) is 11.6 Å². The summed E-state index contributed by atoms with van der Waals surface area (Å²) in [6, 6.07) is 2.38. The molecule has 72 valence electrons. The summed E-state index contributed by atoms with van der Waals surface area (Å²) in [6.45, 7) is 0. The van der Waals surface area contributed by atoms with Crippen molar-refractivity contribution in [1.29, 1.82) is 0 Å². The van der Waals surface area contributed by atoms with Crippen LogP contribution in [0.5, 0.6) is 0 Å². The molecular formula is C7H7ClFNO2S. The lowest BCUT2D eigenvalue weighted by molar-refractivity contribution is 0.554. The molecule has 0 saturated heterocycles. The minimum absolute atomic E-state index is 0.0711. The predicted octanol–water partition coefficient (Wildman–Crippen LogP) is 1.23. The smallest absolute Gasteiger partial charge is 0.199 e. The monoisotopic (exact) mass is 223 g/mol. The number of hydrogen-bond acceptors (Lipinski definition) is 3. The normalized spacial score (nSPS) is 11.5. The largest absolute Gasteiger partial charge is 0.242 e. The molecule has 0 unspecified atom stereocenters. The number of nitrogens with zero attached hydrogens (tertiary/aromatic N) is 1. The number of pyridine rings is 1. The SMILES string of the molecule is O=S(=O)(CCCl)c1ncccc1F. The maximum absolute atomic E-state index is 12.9. The highest BCUT2D eigenvalue weighted by atomic mass is 35.5. The van der Waals surface area contributed by atoms with Crippen LogP contribution in [0, 0.1) is 5.82 Å². The maximum Gasteiger partial charge on any atom is 0.199 e. The Kier molecular flexibility index (Phi) is 3.22. The molecule has 1 aromatic rings. The second kappa shape index (κ2) is 4.02. The molecule has 0 aromatic carbocycles. The zero-order valence-electron chi connectivity index (χ0n) is 6.57. The summed E-state index contributed by atoms with van der Waals surface area (Å²) in [6.07, 6.45) is 1.23. The molecular weight excluding hydrogens is 217 g/mol. The second-order valence-corrected chi connectivity index (χ2v) is 4.70. The Labute approximate surface area is 80.5 Å². The van der Waals surface area contributed by atoms with Crippen LogP contribution >= 0.6 is 11.6 Å². The first kappa shape index (κ1) is 10.4. The van der Waals surface area contributed by atoms with E-state index in [2.05, 4.69) is 4.98 Å². The molecule has 0 N–H and O–H groups in total. The third-order valence-electron chi connectivity index (χ3n) is 1.37. The van der Waals surface area contributed by atoms with Crippen molar-refractivity contribution < 1.29 is 12.8 Å². The van der Waals surface area contributed by atoms with Gasteiger partial charge in [0.2, 0.25) is 0 Å². The van der Waals surface area contributed by atoms with Gasteiger partial charge in [0, 0.05) is 12.1 Å². The van der Waals surface area contributed by atoms with Crippen molar-refractivity contribution in [3.05, 3.63) is 24.1 Å². The molecule has 0 radical (unpaired) electrons. The summed E-state index contributed by atoms with van der Waals surface area (Å²) >= 11 is 5.26. The van der Waals surface area contributed by atoms with E-state index in [1.807, 2.05) is 0 Å². The third-order valence-corrected chi connectivity index (χ3v) is 3.41. The summed E-state index contributed by atoms with van der Waals surface area (Å²) in [5, 5.41) is -0.532. The van der Waals surface area contributed by atoms with Gasteiger partial charge < -0.3 is 0 Å². The van der Waals surface area contributed by atoms with Crippen LogP contribution in [0.1, 0.15) is 0 Å². The first-order valence-electron chi connectivity index (χ1n) is 3.47. The van der Waals surface area contributed by atoms with E-state index in [-0.39, 0.29) is 11.6 Å². The average molecular weight is 224 g/mol. The molecule has 0 amide bonds. The Morgan fingerprint density at radius 3 is 2.77 bits per heavy atom. The fourth-order valence-corrected chi connectivity index (χ4v) is 2.39. The Morgan fingerprint density at radius 1 is 1.54 bits per heavy atom. The fourth-order valence-electron chi connectivity index (χ4n) is 0.798. The van der Waals surface area contributed by atoms with Crippen LogP contribution in [-0.2, 0) is 9.84 Å². The summed E-state index contributed by atoms with van der Waals surface area (Å²) in [5.41, 5.74) is 0. The van der Waals surface area contributed by atoms with Crippen molar-refractivity contribution in [2.24, 2.45) is 0 Å². The van der Waals surface area contributed by atoms with Gasteiger partial charge in [0.05, 0.1) is 5.75 Å². The van der Waals surface area contributed by atoms with Gasteiger partial charge in [-0.3, -0.25) is 0 Å². The Bertz CT molecular complexity index is 393. The van der Waals surface area contributed by atoms with Gasteiger partial charge in [0.15, 0.2) is 20.7 Å². The van der Waals surface area contributed by atoms with Crippen LogP contribution in [-0.4, -0.2) is 25.0 Å². The molecule has 1 rings (SSSR count). The molecule has 0 atom stereocenters. The number of hydrogen-bond donors (Lipinski definition) is 0. The van der Waals surface area contributed by atoms with Crippen LogP contribution in [0.2, 0.25) is 0 Å². The van der Waals surface area contributed by atoms with Gasteiger partial charge in [-0.2, -0.15) is 0 Å². The van der Waals surface area contributed by atoms with E-state index in [1.54, 1.807) is 0 Å². The number of rotatable bonds is 3. The molecule has 0 bridgehead atoms. The molecule has 13 heavy (non-hydrogen) atoms. The van der Waals surface area contributed by atoms with Gasteiger partial charge in [0.25, 0.3) is 0 Å². The second-order valence-electron chi connectivity index (χ2n) is 2.30. The Balaban J connectivity index is 3.15. The minimum atomic E-state index is -3.66. The molecule has 0 fully saturated rings. The lowest BCUT2D eigenvalue weighted by Crippen LogP contribution is -2.11. The minimum Gasteiger partial charge on any atom is -0.242 e. The third kappa shape index (κ3) is 2.38. The summed E-state index contributed by atoms with van der Waals surface area (Å²) < 4.78 is 35.5. The first-order valence-corrected chi connectivity index (χ1v) is 5.66. The van der Waals surface area contributed by atoms with Crippen molar-refractivity contribution >= 4 is 21.4 Å². The van der Waals surface area contributed by atoms with Crippen LogP contribution in [0.3, 0.4) is 0 Å². The number of alkyl halides is 1. The van der Waals surface area contributed by atoms with Crippen LogP contribution in [0.15, 0.2) is 23.4 Å². The molecule has 0 saturated carbocycles. The van der Waals surface area contributed by atoms with Crippen molar-refractivity contribution in [2.75, 3.05) is 11.6 Å². The summed E-state index contributed by atoms with van der Waals surface area (Å²) in [7, 11) is -3.66. The molecule has 0 aliphatic rings. The van der Waals surface area contributed by atoms with Crippen molar-refractivity contribution in [3.63, 3.8) is 0 Å². The molecule has 3 nitrogen and oxygen atoms in total. The molecule has 0 aliphatic heterocycles. The quantitative estimate of drug-likeness (QED) is 0.725. The first-order chi connectivity index (χ1) is 6.08. The van der Waals surface area contributed by atoms with E-state index in [9.17, 15) is 12.8 Å².